The van der Waals surface area contributed by atoms with E-state index >= 15 is 0 Å². The Bertz CT molecular complexity index is 1360. The molecule has 1 N–H and O–H groups in total. The molecule has 0 spiro atoms. The molecular weight excluding hydrogens is 470 g/mol. The largest absolute Gasteiger partial charge is 0.465 e. The Hall–Kier alpha value is -3.43. The molecule has 9 heteroatoms. The van der Waals surface area contributed by atoms with Crippen molar-refractivity contribution >= 4 is 33.1 Å². The second kappa shape index (κ2) is 10.2. The number of carbonyl (C=O) groups is 1. The summed E-state index contributed by atoms with van der Waals surface area (Å²) in [4.78, 5) is 12.9. The number of methoxy groups -OCH3 is 1. The van der Waals surface area contributed by atoms with E-state index in [4.69, 9.17) is 4.74 Å². The predicted molar refractivity (Wildman–Crippen MR) is 134 cm³/mol. The predicted octanol–water partition coefficient (Wildman–Crippen LogP) is 5.53. The van der Waals surface area contributed by atoms with Crippen LogP contribution in [0.3, 0.4) is 0 Å². The molecule has 7 nitrogen and oxygen atoms in total. The highest BCUT2D eigenvalue weighted by molar-refractivity contribution is 7.92. The molecule has 0 aliphatic carbocycles. The number of hydrogen-bond donors (Lipinski definition) is 1. The summed E-state index contributed by atoms with van der Waals surface area (Å²) in [6.07, 6.45) is 3.06. The molecule has 2 heterocycles. The van der Waals surface area contributed by atoms with Gasteiger partial charge >= 0.3 is 5.97 Å². The molecule has 0 aliphatic heterocycles. The fraction of sp³-hybridized carbons (Fsp3) is 0.200. The lowest BCUT2D eigenvalue weighted by Gasteiger charge is -2.11. The van der Waals surface area contributed by atoms with E-state index in [0.29, 0.717) is 22.8 Å². The maximum absolute atomic E-state index is 13.2. The molecule has 4 aromatic rings. The average molecular weight is 496 g/mol. The molecule has 0 aliphatic rings. The summed E-state index contributed by atoms with van der Waals surface area (Å²) in [6.45, 7) is 2.12. The number of anilines is 1. The second-order valence-corrected chi connectivity index (χ2v) is 10.3. The molecule has 0 radical (unpaired) electrons. The van der Waals surface area contributed by atoms with Crippen LogP contribution in [-0.4, -0.2) is 31.3 Å². The van der Waals surface area contributed by atoms with Crippen molar-refractivity contribution in [1.82, 2.24) is 9.78 Å². The number of nitrogens with zero attached hydrogens (tertiary/aromatic N) is 2. The highest BCUT2D eigenvalue weighted by Crippen LogP contribution is 2.29. The van der Waals surface area contributed by atoms with Gasteiger partial charge in [-0.25, -0.2) is 17.9 Å². The molecule has 176 valence electrons. The van der Waals surface area contributed by atoms with Crippen LogP contribution >= 0.6 is 11.3 Å². The number of aryl methyl sites for hydroxylation is 1. The standard InChI is InChI=1S/C25H25N3O4S2/c1-3-4-6-18-8-14-21(15-9-18)34(30,31)27-24-17-22(23-7-5-16-33-23)26-28(24)20-12-10-19(11-13-20)25(29)32-2/h5,7-17,27H,3-4,6H2,1-2H3. The van der Waals surface area contributed by atoms with E-state index in [2.05, 4.69) is 16.7 Å². The van der Waals surface area contributed by atoms with Crippen LogP contribution < -0.4 is 4.72 Å². The third kappa shape index (κ3) is 5.21. The molecule has 4 rings (SSSR count). The molecule has 0 bridgehead atoms. The third-order valence-corrected chi connectivity index (χ3v) is 7.57. The first-order valence-corrected chi connectivity index (χ1v) is 13.2. The summed E-state index contributed by atoms with van der Waals surface area (Å²) < 4.78 is 35.3. The number of benzene rings is 2. The topological polar surface area (TPSA) is 90.3 Å². The average Bonchev–Trinajstić information content (AvgIpc) is 3.53. The van der Waals surface area contributed by atoms with Crippen LogP contribution in [0.5, 0.6) is 0 Å². The normalized spacial score (nSPS) is 11.4. The first-order chi connectivity index (χ1) is 16.4. The van der Waals surface area contributed by atoms with Gasteiger partial charge < -0.3 is 4.74 Å². The zero-order valence-corrected chi connectivity index (χ0v) is 20.5. The number of rotatable bonds is 9. The van der Waals surface area contributed by atoms with Gasteiger partial charge in [0, 0.05) is 6.07 Å². The van der Waals surface area contributed by atoms with Gasteiger partial charge in [0.05, 0.1) is 28.1 Å². The molecule has 34 heavy (non-hydrogen) atoms. The van der Waals surface area contributed by atoms with E-state index in [9.17, 15) is 13.2 Å². The lowest BCUT2D eigenvalue weighted by atomic mass is 10.1. The quantitative estimate of drug-likeness (QED) is 0.308. The van der Waals surface area contributed by atoms with Crippen molar-refractivity contribution in [2.24, 2.45) is 0 Å². The van der Waals surface area contributed by atoms with Gasteiger partial charge in [-0.15, -0.1) is 11.3 Å². The summed E-state index contributed by atoms with van der Waals surface area (Å²) in [6, 6.07) is 19.1. The van der Waals surface area contributed by atoms with E-state index in [-0.39, 0.29) is 4.90 Å². The van der Waals surface area contributed by atoms with Gasteiger partial charge in [-0.05, 0) is 66.2 Å². The Kier molecular flexibility index (Phi) is 7.14. The van der Waals surface area contributed by atoms with E-state index in [1.54, 1.807) is 42.5 Å². The molecule has 2 aromatic heterocycles. The molecule has 0 fully saturated rings. The fourth-order valence-corrected chi connectivity index (χ4v) is 5.18. The lowest BCUT2D eigenvalue weighted by Crippen LogP contribution is -2.16. The minimum absolute atomic E-state index is 0.180. The van der Waals surface area contributed by atoms with Gasteiger partial charge in [0.1, 0.15) is 11.5 Å². The maximum atomic E-state index is 13.2. The SMILES string of the molecule is CCCCc1ccc(S(=O)(=O)Nc2cc(-c3cccs3)nn2-c2ccc(C(=O)OC)cc2)cc1. The fourth-order valence-electron chi connectivity index (χ4n) is 3.46. The van der Waals surface area contributed by atoms with E-state index < -0.39 is 16.0 Å². The summed E-state index contributed by atoms with van der Waals surface area (Å²) in [7, 11) is -2.52. The van der Waals surface area contributed by atoms with Gasteiger partial charge in [0.2, 0.25) is 0 Å². The molecule has 0 atom stereocenters. The number of ether oxygens (including phenoxy) is 1. The van der Waals surface area contributed by atoms with Crippen LogP contribution in [0.2, 0.25) is 0 Å². The number of sulfonamides is 1. The minimum Gasteiger partial charge on any atom is -0.465 e. The van der Waals surface area contributed by atoms with Crippen LogP contribution in [0.25, 0.3) is 16.3 Å². The number of thiophene rings is 1. The molecular formula is C25H25N3O4S2. The van der Waals surface area contributed by atoms with Crippen molar-refractivity contribution in [1.29, 1.82) is 0 Å². The van der Waals surface area contributed by atoms with Gasteiger partial charge in [0.15, 0.2) is 0 Å². The first kappa shape index (κ1) is 23.7. The van der Waals surface area contributed by atoms with E-state index in [1.165, 1.54) is 23.1 Å². The summed E-state index contributed by atoms with van der Waals surface area (Å²) in [5.41, 5.74) is 2.74. The van der Waals surface area contributed by atoms with Crippen LogP contribution in [-0.2, 0) is 21.2 Å². The number of nitrogens with one attached hydrogen (secondary N) is 1. The highest BCUT2D eigenvalue weighted by atomic mass is 32.2. The molecule has 0 saturated heterocycles. The van der Waals surface area contributed by atoms with Crippen molar-refractivity contribution < 1.29 is 17.9 Å². The van der Waals surface area contributed by atoms with Gasteiger partial charge in [-0.1, -0.05) is 31.5 Å². The van der Waals surface area contributed by atoms with Crippen molar-refractivity contribution in [3.63, 3.8) is 0 Å². The minimum atomic E-state index is -3.84. The Balaban J connectivity index is 1.68. The van der Waals surface area contributed by atoms with Crippen LogP contribution in [0.4, 0.5) is 5.82 Å². The molecule has 0 saturated carbocycles. The van der Waals surface area contributed by atoms with Gasteiger partial charge in [-0.2, -0.15) is 5.10 Å². The number of hydrogen-bond acceptors (Lipinski definition) is 6. The number of unbranched alkanes of at least 4 members (excludes halogenated alkanes) is 1. The second-order valence-electron chi connectivity index (χ2n) is 7.70. The number of aromatic nitrogens is 2. The van der Waals surface area contributed by atoms with Gasteiger partial charge in [0.25, 0.3) is 10.0 Å². The Morgan fingerprint density at radius 3 is 2.44 bits per heavy atom. The monoisotopic (exact) mass is 495 g/mol. The van der Waals surface area contributed by atoms with Crippen molar-refractivity contribution in [2.45, 2.75) is 31.1 Å². The van der Waals surface area contributed by atoms with Crippen LogP contribution in [0.1, 0.15) is 35.7 Å². The summed E-state index contributed by atoms with van der Waals surface area (Å²) >= 11 is 1.51. The Labute approximate surface area is 203 Å². The maximum Gasteiger partial charge on any atom is 0.337 e. The van der Waals surface area contributed by atoms with Crippen LogP contribution in [0.15, 0.2) is 77.0 Å². The zero-order chi connectivity index (χ0) is 24.1. The number of carbonyl (C=O) groups excluding carboxylic acids is 1. The van der Waals surface area contributed by atoms with Crippen molar-refractivity contribution in [3.8, 4) is 16.3 Å². The summed E-state index contributed by atoms with van der Waals surface area (Å²) in [5, 5.41) is 6.56. The molecule has 2 aromatic carbocycles. The summed E-state index contributed by atoms with van der Waals surface area (Å²) in [5.74, 6) is -0.154. The molecule has 0 unspecified atom stereocenters. The van der Waals surface area contributed by atoms with Crippen molar-refractivity contribution in [2.75, 3.05) is 11.8 Å². The number of esters is 1. The van der Waals surface area contributed by atoms with Crippen LogP contribution in [0, 0.1) is 0 Å². The van der Waals surface area contributed by atoms with E-state index in [0.717, 1.165) is 29.7 Å². The zero-order valence-electron chi connectivity index (χ0n) is 18.9. The Morgan fingerprint density at radius 1 is 1.09 bits per heavy atom. The van der Waals surface area contributed by atoms with Crippen molar-refractivity contribution in [3.05, 3.63) is 83.2 Å². The Morgan fingerprint density at radius 2 is 1.82 bits per heavy atom. The molecule has 0 amide bonds. The first-order valence-electron chi connectivity index (χ1n) is 10.9. The smallest absolute Gasteiger partial charge is 0.337 e. The van der Waals surface area contributed by atoms with E-state index in [1.807, 2.05) is 29.6 Å². The third-order valence-electron chi connectivity index (χ3n) is 5.31. The lowest BCUT2D eigenvalue weighted by molar-refractivity contribution is 0.0600. The highest BCUT2D eigenvalue weighted by Gasteiger charge is 2.20. The van der Waals surface area contributed by atoms with Gasteiger partial charge in [-0.3, -0.25) is 4.72 Å².